The molecule has 0 heterocycles. The fourth-order valence-electron chi connectivity index (χ4n) is 3.83. The third kappa shape index (κ3) is 3.50. The van der Waals surface area contributed by atoms with Crippen LogP contribution < -0.4 is 0 Å². The fourth-order valence-corrected chi connectivity index (χ4v) is 3.83. The number of allylic oxidation sites excluding steroid dienone is 9. The molecule has 0 N–H and O–H groups in total. The van der Waals surface area contributed by atoms with Gasteiger partial charge < -0.3 is 0 Å². The summed E-state index contributed by atoms with van der Waals surface area (Å²) >= 11 is 0. The first-order valence-corrected chi connectivity index (χ1v) is 7.74. The smallest absolute Gasteiger partial charge is 0.0150 e. The van der Waals surface area contributed by atoms with Crippen molar-refractivity contribution in [1.82, 2.24) is 0 Å². The summed E-state index contributed by atoms with van der Waals surface area (Å²) in [6.07, 6.45) is 16.1. The number of hydrogen-bond acceptors (Lipinski definition) is 0. The molecule has 0 amide bonds. The van der Waals surface area contributed by atoms with Gasteiger partial charge in [0.25, 0.3) is 0 Å². The predicted molar refractivity (Wildman–Crippen MR) is 105 cm³/mol. The molecule has 0 saturated heterocycles. The third-order valence-electron chi connectivity index (χ3n) is 4.95. The van der Waals surface area contributed by atoms with Crippen LogP contribution in [0, 0.1) is 5.41 Å². The summed E-state index contributed by atoms with van der Waals surface area (Å²) in [6.45, 7) is 4.62. The monoisotopic (exact) mass is 434 g/mol. The van der Waals surface area contributed by atoms with Gasteiger partial charge in [0, 0.05) is 31.6 Å². The van der Waals surface area contributed by atoms with E-state index in [9.17, 15) is 0 Å². The van der Waals surface area contributed by atoms with Gasteiger partial charge in [-0.2, -0.15) is 0 Å². The molecular weight excluding hydrogens is 414 g/mol. The largest absolute Gasteiger partial charge is 0.147 e. The summed E-state index contributed by atoms with van der Waals surface area (Å²) < 4.78 is 0. The second-order valence-corrected chi connectivity index (χ2v) is 6.59. The van der Waals surface area contributed by atoms with Crippen LogP contribution in [0.25, 0.3) is 11.6 Å². The Balaban J connectivity index is 0.000000960. The van der Waals surface area contributed by atoms with E-state index in [2.05, 4.69) is 74.6 Å². The molecule has 0 nitrogen and oxygen atoms in total. The van der Waals surface area contributed by atoms with Crippen molar-refractivity contribution >= 4 is 36.5 Å². The number of fused-ring (bicyclic) bond motifs is 3. The summed E-state index contributed by atoms with van der Waals surface area (Å²) in [5.74, 6) is 0. The zero-order valence-corrected chi connectivity index (χ0v) is 18.1. The van der Waals surface area contributed by atoms with Crippen LogP contribution >= 0.6 is 24.8 Å². The van der Waals surface area contributed by atoms with Crippen molar-refractivity contribution in [3.05, 3.63) is 82.5 Å². The van der Waals surface area contributed by atoms with Crippen LogP contribution in [0.1, 0.15) is 37.8 Å². The molecule has 0 radical (unpaired) electrons. The maximum atomic E-state index is 2.41. The Bertz CT molecular complexity index is 781. The summed E-state index contributed by atoms with van der Waals surface area (Å²) in [5, 5.41) is 0. The molecule has 0 aromatic heterocycles. The van der Waals surface area contributed by atoms with Crippen molar-refractivity contribution in [2.45, 2.75) is 26.7 Å². The number of rotatable bonds is 2. The average molecular weight is 437 g/mol. The van der Waals surface area contributed by atoms with Gasteiger partial charge in [-0.1, -0.05) is 67.1 Å². The molecule has 1 unspecified atom stereocenters. The normalized spacial score (nSPS) is 22.6. The summed E-state index contributed by atoms with van der Waals surface area (Å²) in [4.78, 5) is 0. The Morgan fingerprint density at radius 2 is 1.88 bits per heavy atom. The van der Waals surface area contributed by atoms with E-state index >= 15 is 0 Å². The molecule has 1 aromatic rings. The minimum absolute atomic E-state index is 0. The van der Waals surface area contributed by atoms with Crippen LogP contribution in [-0.2, 0) is 26.2 Å². The molecule has 0 spiro atoms. The molecule has 3 heteroatoms. The second-order valence-electron chi connectivity index (χ2n) is 6.59. The molecule has 0 fully saturated rings. The van der Waals surface area contributed by atoms with Crippen molar-refractivity contribution in [1.29, 1.82) is 0 Å². The molecule has 24 heavy (non-hydrogen) atoms. The van der Waals surface area contributed by atoms with Crippen LogP contribution in [0.2, 0.25) is 0 Å². The Labute approximate surface area is 176 Å². The maximum Gasteiger partial charge on any atom is 0.0150 e. The van der Waals surface area contributed by atoms with Crippen molar-refractivity contribution < 1.29 is 26.2 Å². The molecule has 0 aliphatic heterocycles. The molecule has 1 atom stereocenters. The minimum Gasteiger partial charge on any atom is -0.147 e. The zero-order chi connectivity index (χ0) is 14.4. The van der Waals surface area contributed by atoms with E-state index in [4.69, 9.17) is 0 Å². The molecule has 3 aliphatic carbocycles. The first kappa shape index (κ1) is 21.4. The third-order valence-corrected chi connectivity index (χ3v) is 4.95. The second kappa shape index (κ2) is 8.17. The number of halogens is 2. The van der Waals surface area contributed by atoms with Gasteiger partial charge in [0.15, 0.2) is 0 Å². The van der Waals surface area contributed by atoms with Gasteiger partial charge >= 0.3 is 0 Å². The first-order valence-electron chi connectivity index (χ1n) is 7.74. The van der Waals surface area contributed by atoms with E-state index < -0.39 is 0 Å². The van der Waals surface area contributed by atoms with Crippen molar-refractivity contribution in [3.8, 4) is 0 Å². The molecule has 3 aliphatic rings. The number of hydrogen-bond donors (Lipinski definition) is 0. The van der Waals surface area contributed by atoms with Gasteiger partial charge in [-0.05, 0) is 53.7 Å². The standard InChI is InChI=1S/C21H20.2ClH.Zr/c1-15-11-12-21(2,14-16-7-3-4-8-16)19-13-17-9-5-6-10-18(17)20(15)19;;;/h3-7,9-13H,8,14H2,1-2H3;2*1H;. The van der Waals surface area contributed by atoms with Gasteiger partial charge in [-0.3, -0.25) is 0 Å². The SMILES string of the molecule is CC1=C2C(=Cc3ccccc32)C(C)(CC2=CC=CC2)C=C1.Cl.Cl.[Zr]. The van der Waals surface area contributed by atoms with Crippen LogP contribution in [0.4, 0.5) is 0 Å². The molecule has 4 rings (SSSR count). The van der Waals surface area contributed by atoms with Crippen LogP contribution in [-0.4, -0.2) is 0 Å². The predicted octanol–water partition coefficient (Wildman–Crippen LogP) is 6.55. The van der Waals surface area contributed by atoms with Crippen molar-refractivity contribution in [2.24, 2.45) is 5.41 Å². The van der Waals surface area contributed by atoms with Gasteiger partial charge in [0.05, 0.1) is 0 Å². The van der Waals surface area contributed by atoms with Crippen molar-refractivity contribution in [3.63, 3.8) is 0 Å². The van der Waals surface area contributed by atoms with Crippen LogP contribution in [0.5, 0.6) is 0 Å². The van der Waals surface area contributed by atoms with E-state index in [-0.39, 0.29) is 56.4 Å². The molecular formula is C21H22Cl2Zr. The zero-order valence-electron chi connectivity index (χ0n) is 14.0. The van der Waals surface area contributed by atoms with Crippen LogP contribution in [0.3, 0.4) is 0 Å². The van der Waals surface area contributed by atoms with Crippen LogP contribution in [0.15, 0.2) is 71.4 Å². The topological polar surface area (TPSA) is 0 Å². The number of benzene rings is 1. The van der Waals surface area contributed by atoms with Gasteiger partial charge in [0.1, 0.15) is 0 Å². The fraction of sp³-hybridized carbons (Fsp3) is 0.238. The molecule has 124 valence electrons. The van der Waals surface area contributed by atoms with Gasteiger partial charge in [0.2, 0.25) is 0 Å². The Kier molecular flexibility index (Phi) is 7.30. The molecule has 0 bridgehead atoms. The summed E-state index contributed by atoms with van der Waals surface area (Å²) in [6, 6.07) is 8.78. The van der Waals surface area contributed by atoms with E-state index in [1.165, 1.54) is 33.4 Å². The quantitative estimate of drug-likeness (QED) is 0.493. The maximum absolute atomic E-state index is 2.41. The minimum atomic E-state index is 0. The van der Waals surface area contributed by atoms with Gasteiger partial charge in [-0.15, -0.1) is 24.8 Å². The molecule has 1 aromatic carbocycles. The summed E-state index contributed by atoms with van der Waals surface area (Å²) in [7, 11) is 0. The Morgan fingerprint density at radius 3 is 2.58 bits per heavy atom. The molecule has 0 saturated carbocycles. The van der Waals surface area contributed by atoms with Gasteiger partial charge in [-0.25, -0.2) is 0 Å². The Morgan fingerprint density at radius 1 is 1.12 bits per heavy atom. The van der Waals surface area contributed by atoms with E-state index in [1.54, 1.807) is 0 Å². The van der Waals surface area contributed by atoms with E-state index in [0.717, 1.165) is 12.8 Å². The average Bonchev–Trinajstić information content (AvgIpc) is 3.11. The van der Waals surface area contributed by atoms with Crippen molar-refractivity contribution in [2.75, 3.05) is 0 Å². The van der Waals surface area contributed by atoms with E-state index in [0.29, 0.717) is 0 Å². The summed E-state index contributed by atoms with van der Waals surface area (Å²) in [5.41, 5.74) is 8.78. The first-order chi connectivity index (χ1) is 10.2. The van der Waals surface area contributed by atoms with E-state index in [1.807, 2.05) is 0 Å². The Hall–Kier alpha value is -0.617.